The Labute approximate surface area is 125 Å². The second-order valence-corrected chi connectivity index (χ2v) is 5.31. The Hall–Kier alpha value is -1.37. The maximum absolute atomic E-state index is 12.1. The van der Waals surface area contributed by atoms with Crippen LogP contribution in [0.5, 0.6) is 0 Å². The van der Waals surface area contributed by atoms with Crippen LogP contribution in [0, 0.1) is 0 Å². The molecule has 0 spiro atoms. The van der Waals surface area contributed by atoms with E-state index in [1.807, 2.05) is 24.3 Å². The van der Waals surface area contributed by atoms with Crippen LogP contribution in [0.25, 0.3) is 10.9 Å². The lowest BCUT2D eigenvalue weighted by molar-refractivity contribution is 0.0587. The van der Waals surface area contributed by atoms with Gasteiger partial charge in [0.25, 0.3) is 5.91 Å². The number of hydrogen-bond donors (Lipinski definition) is 3. The van der Waals surface area contributed by atoms with E-state index in [0.29, 0.717) is 18.7 Å². The van der Waals surface area contributed by atoms with Gasteiger partial charge in [0, 0.05) is 24.6 Å². The number of carbonyl (C=O) groups is 1. The van der Waals surface area contributed by atoms with E-state index in [4.69, 9.17) is 4.74 Å². The fraction of sp³-hybridized carbons (Fsp3) is 0.357. The van der Waals surface area contributed by atoms with E-state index >= 15 is 0 Å². The molecule has 5 nitrogen and oxygen atoms in total. The van der Waals surface area contributed by atoms with E-state index in [9.17, 15) is 9.90 Å². The summed E-state index contributed by atoms with van der Waals surface area (Å²) in [5, 5.41) is 13.3. The number of carbonyl (C=O) groups excluding carboxylic acids is 1. The molecule has 1 amide bonds. The van der Waals surface area contributed by atoms with Gasteiger partial charge in [-0.3, -0.25) is 4.79 Å². The predicted octanol–water partition coefficient (Wildman–Crippen LogP) is 2.06. The number of nitrogens with one attached hydrogen (secondary N) is 2. The summed E-state index contributed by atoms with van der Waals surface area (Å²) in [7, 11) is 1.53. The first kappa shape index (κ1) is 15.0. The number of aromatic nitrogens is 1. The zero-order chi connectivity index (χ0) is 14.5. The Morgan fingerprint density at radius 1 is 1.50 bits per heavy atom. The molecule has 20 heavy (non-hydrogen) atoms. The second kappa shape index (κ2) is 6.88. The topological polar surface area (TPSA) is 74.3 Å². The third kappa shape index (κ3) is 3.39. The van der Waals surface area contributed by atoms with Crippen molar-refractivity contribution in [1.29, 1.82) is 0 Å². The van der Waals surface area contributed by atoms with Crippen LogP contribution in [-0.2, 0) is 4.74 Å². The Balaban J connectivity index is 1.99. The number of halogens is 1. The van der Waals surface area contributed by atoms with Crippen LogP contribution in [0.15, 0.2) is 28.7 Å². The van der Waals surface area contributed by atoms with Gasteiger partial charge in [0.2, 0.25) is 0 Å². The Morgan fingerprint density at radius 3 is 2.95 bits per heavy atom. The number of aromatic amines is 1. The summed E-state index contributed by atoms with van der Waals surface area (Å²) in [4.78, 5) is 15.2. The SMILES string of the molecule is COCC(O)CCNC(=O)c1[nH]c2ccccc2c1Br. The van der Waals surface area contributed by atoms with Gasteiger partial charge < -0.3 is 20.1 Å². The molecule has 0 radical (unpaired) electrons. The average molecular weight is 341 g/mol. The van der Waals surface area contributed by atoms with Gasteiger partial charge in [0.15, 0.2) is 0 Å². The normalized spacial score (nSPS) is 12.6. The second-order valence-electron chi connectivity index (χ2n) is 4.51. The first-order valence-electron chi connectivity index (χ1n) is 6.35. The summed E-state index contributed by atoms with van der Waals surface area (Å²) in [5.41, 5.74) is 1.40. The predicted molar refractivity (Wildman–Crippen MR) is 80.8 cm³/mol. The van der Waals surface area contributed by atoms with Crippen LogP contribution in [0.3, 0.4) is 0 Å². The highest BCUT2D eigenvalue weighted by molar-refractivity contribution is 9.10. The first-order valence-corrected chi connectivity index (χ1v) is 7.14. The number of para-hydroxylation sites is 1. The summed E-state index contributed by atoms with van der Waals surface area (Å²) in [6, 6.07) is 7.69. The molecule has 108 valence electrons. The van der Waals surface area contributed by atoms with Gasteiger partial charge in [-0.25, -0.2) is 0 Å². The zero-order valence-electron chi connectivity index (χ0n) is 11.1. The third-order valence-corrected chi connectivity index (χ3v) is 3.82. The molecular weight excluding hydrogens is 324 g/mol. The third-order valence-electron chi connectivity index (χ3n) is 2.99. The number of aliphatic hydroxyl groups excluding tert-OH is 1. The molecule has 1 aromatic heterocycles. The van der Waals surface area contributed by atoms with Crippen molar-refractivity contribution in [2.75, 3.05) is 20.3 Å². The number of methoxy groups -OCH3 is 1. The van der Waals surface area contributed by atoms with Crippen molar-refractivity contribution in [2.24, 2.45) is 0 Å². The van der Waals surface area contributed by atoms with Crippen molar-refractivity contribution >= 4 is 32.7 Å². The monoisotopic (exact) mass is 340 g/mol. The van der Waals surface area contributed by atoms with Crippen molar-refractivity contribution in [1.82, 2.24) is 10.3 Å². The summed E-state index contributed by atoms with van der Waals surface area (Å²) in [5.74, 6) is -0.197. The maximum atomic E-state index is 12.1. The number of aliphatic hydroxyl groups is 1. The van der Waals surface area contributed by atoms with Crippen molar-refractivity contribution < 1.29 is 14.6 Å². The van der Waals surface area contributed by atoms with Crippen molar-refractivity contribution in [3.05, 3.63) is 34.4 Å². The minimum atomic E-state index is -0.563. The highest BCUT2D eigenvalue weighted by atomic mass is 79.9. The average Bonchev–Trinajstić information content (AvgIpc) is 2.77. The molecule has 3 N–H and O–H groups in total. The van der Waals surface area contributed by atoms with Crippen LogP contribution in [0.4, 0.5) is 0 Å². The molecule has 1 unspecified atom stereocenters. The fourth-order valence-electron chi connectivity index (χ4n) is 1.98. The highest BCUT2D eigenvalue weighted by Crippen LogP contribution is 2.27. The lowest BCUT2D eigenvalue weighted by Crippen LogP contribution is -2.28. The van der Waals surface area contributed by atoms with E-state index in [1.54, 1.807) is 0 Å². The highest BCUT2D eigenvalue weighted by Gasteiger charge is 2.15. The van der Waals surface area contributed by atoms with Crippen molar-refractivity contribution in [3.63, 3.8) is 0 Å². The Bertz CT molecular complexity index is 597. The molecule has 0 saturated carbocycles. The Morgan fingerprint density at radius 2 is 2.25 bits per heavy atom. The fourth-order valence-corrected chi connectivity index (χ4v) is 2.61. The van der Waals surface area contributed by atoms with Crippen LogP contribution >= 0.6 is 15.9 Å². The van der Waals surface area contributed by atoms with Gasteiger partial charge in [0.1, 0.15) is 5.69 Å². The number of ether oxygens (including phenoxy) is 1. The summed E-state index contributed by atoms with van der Waals surface area (Å²) in [6.07, 6.45) is -0.108. The van der Waals surface area contributed by atoms with Gasteiger partial charge in [-0.15, -0.1) is 0 Å². The van der Waals surface area contributed by atoms with Gasteiger partial charge in [-0.1, -0.05) is 18.2 Å². The van der Waals surface area contributed by atoms with E-state index in [0.717, 1.165) is 15.4 Å². The van der Waals surface area contributed by atoms with Crippen LogP contribution in [-0.4, -0.2) is 42.4 Å². The summed E-state index contributed by atoms with van der Waals surface area (Å²) in [6.45, 7) is 0.664. The molecule has 0 bridgehead atoms. The van der Waals surface area contributed by atoms with Gasteiger partial charge in [-0.05, 0) is 28.4 Å². The van der Waals surface area contributed by atoms with Gasteiger partial charge in [0.05, 0.1) is 17.2 Å². The lowest BCUT2D eigenvalue weighted by atomic mass is 10.2. The quantitative estimate of drug-likeness (QED) is 0.753. The number of benzene rings is 1. The molecule has 1 heterocycles. The van der Waals surface area contributed by atoms with E-state index in [2.05, 4.69) is 26.2 Å². The number of H-pyrrole nitrogens is 1. The molecule has 1 atom stereocenters. The minimum absolute atomic E-state index is 0.197. The molecule has 2 aromatic rings. The van der Waals surface area contributed by atoms with E-state index < -0.39 is 6.10 Å². The molecule has 0 saturated heterocycles. The molecule has 0 aliphatic carbocycles. The maximum Gasteiger partial charge on any atom is 0.268 e. The molecule has 1 aromatic carbocycles. The molecular formula is C14H17BrN2O3. The van der Waals surface area contributed by atoms with Crippen molar-refractivity contribution in [3.8, 4) is 0 Å². The van der Waals surface area contributed by atoms with Crippen molar-refractivity contribution in [2.45, 2.75) is 12.5 Å². The first-order chi connectivity index (χ1) is 9.63. The van der Waals surface area contributed by atoms with Gasteiger partial charge >= 0.3 is 0 Å². The zero-order valence-corrected chi connectivity index (χ0v) is 12.7. The Kier molecular flexibility index (Phi) is 5.17. The van der Waals surface area contributed by atoms with Crippen LogP contribution < -0.4 is 5.32 Å². The molecule has 6 heteroatoms. The van der Waals surface area contributed by atoms with Crippen LogP contribution in [0.1, 0.15) is 16.9 Å². The summed E-state index contributed by atoms with van der Waals surface area (Å²) >= 11 is 3.44. The molecule has 0 aliphatic rings. The van der Waals surface area contributed by atoms with E-state index in [1.165, 1.54) is 7.11 Å². The lowest BCUT2D eigenvalue weighted by Gasteiger charge is -2.09. The molecule has 0 fully saturated rings. The van der Waals surface area contributed by atoms with E-state index in [-0.39, 0.29) is 12.5 Å². The summed E-state index contributed by atoms with van der Waals surface area (Å²) < 4.78 is 5.58. The van der Waals surface area contributed by atoms with Gasteiger partial charge in [-0.2, -0.15) is 0 Å². The number of hydrogen-bond acceptors (Lipinski definition) is 3. The number of rotatable bonds is 6. The smallest absolute Gasteiger partial charge is 0.268 e. The number of amides is 1. The number of fused-ring (bicyclic) bond motifs is 1. The minimum Gasteiger partial charge on any atom is -0.391 e. The standard InChI is InChI=1S/C14H17BrN2O3/c1-20-8-9(18)6-7-16-14(19)13-12(15)10-4-2-3-5-11(10)17-13/h2-5,9,17-18H,6-8H2,1H3,(H,16,19). The largest absolute Gasteiger partial charge is 0.391 e. The molecule has 2 rings (SSSR count). The molecule has 0 aliphatic heterocycles. The van der Waals surface area contributed by atoms with Crippen LogP contribution in [0.2, 0.25) is 0 Å².